The van der Waals surface area contributed by atoms with Gasteiger partial charge in [-0.3, -0.25) is 0 Å². The highest BCUT2D eigenvalue weighted by molar-refractivity contribution is 9.10. The Morgan fingerprint density at radius 1 is 1.15 bits per heavy atom. The molecule has 0 aliphatic carbocycles. The third kappa shape index (κ3) is 1.56. The van der Waals surface area contributed by atoms with E-state index in [0.29, 0.717) is 0 Å². The van der Waals surface area contributed by atoms with Crippen molar-refractivity contribution < 1.29 is 0 Å². The van der Waals surface area contributed by atoms with E-state index < -0.39 is 0 Å². The van der Waals surface area contributed by atoms with Crippen LogP contribution in [0, 0.1) is 13.8 Å². The lowest BCUT2D eigenvalue weighted by Gasteiger charge is -2.02. The van der Waals surface area contributed by atoms with Crippen molar-refractivity contribution in [2.24, 2.45) is 0 Å². The van der Waals surface area contributed by atoms with E-state index in [1.54, 1.807) is 0 Å². The van der Waals surface area contributed by atoms with Crippen molar-refractivity contribution in [1.82, 2.24) is 9.97 Å². The van der Waals surface area contributed by atoms with Gasteiger partial charge in [0.05, 0.1) is 5.52 Å². The predicted octanol–water partition coefficient (Wildman–Crippen LogP) is 3.01. The van der Waals surface area contributed by atoms with Gasteiger partial charge in [0, 0.05) is 15.6 Å². The molecule has 1 aromatic carbocycles. The van der Waals surface area contributed by atoms with Crippen LogP contribution in [-0.2, 0) is 0 Å². The minimum atomic E-state index is 0.826. The van der Waals surface area contributed by atoms with Crippen LogP contribution in [0.3, 0.4) is 0 Å². The molecule has 0 fully saturated rings. The second-order valence-electron chi connectivity index (χ2n) is 3.02. The summed E-state index contributed by atoms with van der Waals surface area (Å²) in [7, 11) is 0. The van der Waals surface area contributed by atoms with Crippen molar-refractivity contribution >= 4 is 26.8 Å². The maximum absolute atomic E-state index is 4.35. The predicted molar refractivity (Wildman–Crippen MR) is 56.7 cm³/mol. The monoisotopic (exact) mass is 236 g/mol. The van der Waals surface area contributed by atoms with E-state index in [4.69, 9.17) is 0 Å². The number of fused-ring (bicyclic) bond motifs is 1. The van der Waals surface area contributed by atoms with Gasteiger partial charge in [0.25, 0.3) is 0 Å². The van der Waals surface area contributed by atoms with Gasteiger partial charge in [-0.2, -0.15) is 0 Å². The molecule has 0 saturated heterocycles. The molecule has 2 rings (SSSR count). The summed E-state index contributed by atoms with van der Waals surface area (Å²) in [6, 6.07) is 6.04. The molecule has 0 saturated carbocycles. The fourth-order valence-electron chi connectivity index (χ4n) is 1.40. The number of benzene rings is 1. The van der Waals surface area contributed by atoms with Crippen LogP contribution in [0.15, 0.2) is 22.7 Å². The molecule has 13 heavy (non-hydrogen) atoms. The zero-order valence-electron chi connectivity index (χ0n) is 7.50. The fraction of sp³-hybridized carbons (Fsp3) is 0.200. The van der Waals surface area contributed by atoms with Gasteiger partial charge in [-0.1, -0.05) is 15.9 Å². The summed E-state index contributed by atoms with van der Waals surface area (Å²) in [5.74, 6) is 0.826. The average molecular weight is 237 g/mol. The lowest BCUT2D eigenvalue weighted by Crippen LogP contribution is -1.92. The summed E-state index contributed by atoms with van der Waals surface area (Å²) in [6.07, 6.45) is 0. The summed E-state index contributed by atoms with van der Waals surface area (Å²) in [5, 5.41) is 1.11. The van der Waals surface area contributed by atoms with E-state index in [9.17, 15) is 0 Å². The van der Waals surface area contributed by atoms with E-state index in [0.717, 1.165) is 26.9 Å². The second-order valence-corrected chi connectivity index (χ2v) is 3.93. The van der Waals surface area contributed by atoms with E-state index in [1.807, 2.05) is 32.0 Å². The second kappa shape index (κ2) is 3.07. The first-order chi connectivity index (χ1) is 6.16. The summed E-state index contributed by atoms with van der Waals surface area (Å²) >= 11 is 3.43. The van der Waals surface area contributed by atoms with Crippen LogP contribution in [0.25, 0.3) is 10.9 Å². The molecule has 66 valence electrons. The molecule has 0 amide bonds. The molecule has 0 aliphatic heterocycles. The standard InChI is InChI=1S/C10H9BrN2/c1-6-9-5-8(11)3-4-10(9)13-7(2)12-6/h3-5H,1-2H3. The first-order valence-electron chi connectivity index (χ1n) is 4.07. The van der Waals surface area contributed by atoms with Crippen molar-refractivity contribution in [2.45, 2.75) is 13.8 Å². The Balaban J connectivity index is 2.87. The fourth-order valence-corrected chi connectivity index (χ4v) is 1.76. The van der Waals surface area contributed by atoms with Gasteiger partial charge < -0.3 is 0 Å². The van der Waals surface area contributed by atoms with Gasteiger partial charge in [-0.05, 0) is 32.0 Å². The van der Waals surface area contributed by atoms with Crippen LogP contribution in [0.4, 0.5) is 0 Å². The maximum Gasteiger partial charge on any atom is 0.126 e. The van der Waals surface area contributed by atoms with Crippen molar-refractivity contribution in [3.05, 3.63) is 34.2 Å². The smallest absolute Gasteiger partial charge is 0.126 e. The summed E-state index contributed by atoms with van der Waals surface area (Å²) < 4.78 is 1.07. The molecule has 1 aromatic heterocycles. The SMILES string of the molecule is Cc1nc(C)c2cc(Br)ccc2n1. The van der Waals surface area contributed by atoms with Crippen LogP contribution < -0.4 is 0 Å². The van der Waals surface area contributed by atoms with E-state index in [1.165, 1.54) is 0 Å². The molecule has 1 heterocycles. The minimum Gasteiger partial charge on any atom is -0.238 e. The number of aromatic nitrogens is 2. The Kier molecular flexibility index (Phi) is 2.04. The lowest BCUT2D eigenvalue weighted by atomic mass is 10.2. The van der Waals surface area contributed by atoms with E-state index >= 15 is 0 Å². The number of hydrogen-bond donors (Lipinski definition) is 0. The van der Waals surface area contributed by atoms with Crippen molar-refractivity contribution in [3.63, 3.8) is 0 Å². The summed E-state index contributed by atoms with van der Waals surface area (Å²) in [5.41, 5.74) is 2.04. The third-order valence-electron chi connectivity index (χ3n) is 1.96. The largest absolute Gasteiger partial charge is 0.238 e. The molecule has 3 heteroatoms. The first kappa shape index (κ1) is 8.63. The van der Waals surface area contributed by atoms with Crippen molar-refractivity contribution in [1.29, 1.82) is 0 Å². The maximum atomic E-state index is 4.35. The molecule has 2 nitrogen and oxygen atoms in total. The normalized spacial score (nSPS) is 10.7. The van der Waals surface area contributed by atoms with Crippen LogP contribution in [0.1, 0.15) is 11.5 Å². The molecular weight excluding hydrogens is 228 g/mol. The molecule has 0 bridgehead atoms. The molecule has 0 N–H and O–H groups in total. The number of hydrogen-bond acceptors (Lipinski definition) is 2. The van der Waals surface area contributed by atoms with Gasteiger partial charge in [0.1, 0.15) is 5.82 Å². The van der Waals surface area contributed by atoms with Crippen LogP contribution in [0.5, 0.6) is 0 Å². The number of halogens is 1. The molecule has 0 radical (unpaired) electrons. The molecule has 2 aromatic rings. The quantitative estimate of drug-likeness (QED) is 0.703. The topological polar surface area (TPSA) is 25.8 Å². The Morgan fingerprint density at radius 2 is 1.92 bits per heavy atom. The minimum absolute atomic E-state index is 0.826. The molecule has 0 aliphatic rings. The number of nitrogens with zero attached hydrogens (tertiary/aromatic N) is 2. The Labute approximate surface area is 85.1 Å². The molecular formula is C10H9BrN2. The van der Waals surface area contributed by atoms with Gasteiger partial charge in [-0.25, -0.2) is 9.97 Å². The lowest BCUT2D eigenvalue weighted by molar-refractivity contribution is 1.05. The van der Waals surface area contributed by atoms with Crippen LogP contribution in [0.2, 0.25) is 0 Å². The zero-order valence-corrected chi connectivity index (χ0v) is 9.09. The molecule has 0 unspecified atom stereocenters. The van der Waals surface area contributed by atoms with Crippen LogP contribution in [-0.4, -0.2) is 9.97 Å². The van der Waals surface area contributed by atoms with Crippen molar-refractivity contribution in [2.75, 3.05) is 0 Å². The number of rotatable bonds is 0. The summed E-state index contributed by atoms with van der Waals surface area (Å²) in [4.78, 5) is 8.66. The highest BCUT2D eigenvalue weighted by atomic mass is 79.9. The summed E-state index contributed by atoms with van der Waals surface area (Å²) in [6.45, 7) is 3.91. The third-order valence-corrected chi connectivity index (χ3v) is 2.45. The van der Waals surface area contributed by atoms with Gasteiger partial charge in [-0.15, -0.1) is 0 Å². The molecule has 0 atom stereocenters. The van der Waals surface area contributed by atoms with E-state index in [2.05, 4.69) is 25.9 Å². The van der Waals surface area contributed by atoms with Gasteiger partial charge >= 0.3 is 0 Å². The zero-order chi connectivity index (χ0) is 9.42. The van der Waals surface area contributed by atoms with E-state index in [-0.39, 0.29) is 0 Å². The number of aryl methyl sites for hydroxylation is 2. The van der Waals surface area contributed by atoms with Gasteiger partial charge in [0.15, 0.2) is 0 Å². The highest BCUT2D eigenvalue weighted by Crippen LogP contribution is 2.20. The average Bonchev–Trinajstić information content (AvgIpc) is 2.06. The highest BCUT2D eigenvalue weighted by Gasteiger charge is 2.01. The molecule has 0 spiro atoms. The first-order valence-corrected chi connectivity index (χ1v) is 4.86. The Hall–Kier alpha value is -0.960. The Bertz CT molecular complexity index is 466. The van der Waals surface area contributed by atoms with Gasteiger partial charge in [0.2, 0.25) is 0 Å². The Morgan fingerprint density at radius 3 is 2.69 bits per heavy atom. The van der Waals surface area contributed by atoms with Crippen LogP contribution >= 0.6 is 15.9 Å². The van der Waals surface area contributed by atoms with Crippen molar-refractivity contribution in [3.8, 4) is 0 Å².